The average Bonchev–Trinajstić information content (AvgIpc) is 2.15. The fraction of sp³-hybridized carbons (Fsp3) is 0.364. The highest BCUT2D eigenvalue weighted by Crippen LogP contribution is 2.11. The summed E-state index contributed by atoms with van der Waals surface area (Å²) < 4.78 is 6.03. The fourth-order valence-electron chi connectivity index (χ4n) is 0.912. The largest absolute Gasteiger partial charge is 0.462 e. The maximum Gasteiger partial charge on any atom is 0.338 e. The molecule has 0 aromatic heterocycles. The van der Waals surface area contributed by atoms with Gasteiger partial charge >= 0.3 is 5.97 Å². The summed E-state index contributed by atoms with van der Waals surface area (Å²) in [5.74, 6) is 0.112. The predicted octanol–water partition coefficient (Wildman–Crippen LogP) is 3.26. The Hall–Kier alpha value is -0.830. The molecule has 14 heavy (non-hydrogen) atoms. The smallest absolute Gasteiger partial charge is 0.338 e. The van der Waals surface area contributed by atoms with Gasteiger partial charge in [0.1, 0.15) is 0 Å². The van der Waals surface area contributed by atoms with Crippen LogP contribution in [-0.2, 0) is 4.74 Å². The molecule has 0 aliphatic carbocycles. The summed E-state index contributed by atoms with van der Waals surface area (Å²) in [6.07, 6.45) is 0. The zero-order valence-corrected chi connectivity index (χ0v) is 9.87. The summed E-state index contributed by atoms with van der Waals surface area (Å²) in [5.41, 5.74) is 0.592. The summed E-state index contributed by atoms with van der Waals surface area (Å²) in [4.78, 5) is 11.4. The Bertz CT molecular complexity index is 304. The average molecular weight is 257 g/mol. The number of carbonyl (C=O) groups is 1. The van der Waals surface area contributed by atoms with Crippen LogP contribution in [0.25, 0.3) is 0 Å². The highest BCUT2D eigenvalue weighted by molar-refractivity contribution is 9.10. The highest BCUT2D eigenvalue weighted by atomic mass is 79.9. The van der Waals surface area contributed by atoms with E-state index >= 15 is 0 Å². The quantitative estimate of drug-likeness (QED) is 0.777. The molecule has 2 nitrogen and oxygen atoms in total. The third kappa shape index (κ3) is 3.50. The number of ether oxygens (including phenoxy) is 1. The summed E-state index contributed by atoms with van der Waals surface area (Å²) in [6, 6.07) is 7.14. The van der Waals surface area contributed by atoms with Gasteiger partial charge in [-0.05, 0) is 30.2 Å². The molecule has 0 atom stereocenters. The molecule has 0 N–H and O–H groups in total. The van der Waals surface area contributed by atoms with Gasteiger partial charge in [-0.2, -0.15) is 0 Å². The van der Waals surface area contributed by atoms with E-state index in [0.29, 0.717) is 18.1 Å². The lowest BCUT2D eigenvalue weighted by Gasteiger charge is -2.06. The van der Waals surface area contributed by atoms with Crippen LogP contribution in [0.5, 0.6) is 0 Å². The fourth-order valence-corrected chi connectivity index (χ4v) is 1.18. The number of esters is 1. The van der Waals surface area contributed by atoms with E-state index in [2.05, 4.69) is 15.9 Å². The van der Waals surface area contributed by atoms with Crippen molar-refractivity contribution < 1.29 is 9.53 Å². The van der Waals surface area contributed by atoms with Crippen molar-refractivity contribution in [3.05, 3.63) is 34.3 Å². The minimum atomic E-state index is -0.258. The topological polar surface area (TPSA) is 26.3 Å². The number of hydrogen-bond donors (Lipinski definition) is 0. The van der Waals surface area contributed by atoms with Crippen LogP contribution in [0.2, 0.25) is 0 Å². The minimum absolute atomic E-state index is 0.258. The van der Waals surface area contributed by atoms with Gasteiger partial charge in [0.15, 0.2) is 0 Å². The van der Waals surface area contributed by atoms with E-state index in [1.165, 1.54) is 0 Å². The van der Waals surface area contributed by atoms with Crippen molar-refractivity contribution in [3.8, 4) is 0 Å². The van der Waals surface area contributed by atoms with E-state index < -0.39 is 0 Å². The molecule has 0 amide bonds. The first-order valence-electron chi connectivity index (χ1n) is 4.52. The Kier molecular flexibility index (Phi) is 4.14. The van der Waals surface area contributed by atoms with Crippen molar-refractivity contribution in [1.29, 1.82) is 0 Å². The Balaban J connectivity index is 2.57. The third-order valence-electron chi connectivity index (χ3n) is 1.63. The van der Waals surface area contributed by atoms with Crippen molar-refractivity contribution in [2.45, 2.75) is 13.8 Å². The van der Waals surface area contributed by atoms with Gasteiger partial charge in [-0.15, -0.1) is 0 Å². The summed E-state index contributed by atoms with van der Waals surface area (Å²) >= 11 is 3.30. The molecule has 0 fully saturated rings. The molecule has 0 unspecified atom stereocenters. The van der Waals surface area contributed by atoms with Crippen LogP contribution < -0.4 is 0 Å². The number of halogens is 1. The summed E-state index contributed by atoms with van der Waals surface area (Å²) in [5, 5.41) is 0. The van der Waals surface area contributed by atoms with E-state index in [9.17, 15) is 4.79 Å². The van der Waals surface area contributed by atoms with Crippen molar-refractivity contribution in [2.75, 3.05) is 6.61 Å². The number of hydrogen-bond acceptors (Lipinski definition) is 2. The lowest BCUT2D eigenvalue weighted by atomic mass is 10.2. The SMILES string of the molecule is CC(C)COC(=O)c1ccc(Br)cc1. The van der Waals surface area contributed by atoms with Gasteiger partial charge in [0.05, 0.1) is 12.2 Å². The molecule has 0 spiro atoms. The van der Waals surface area contributed by atoms with Gasteiger partial charge in [0.2, 0.25) is 0 Å². The van der Waals surface area contributed by atoms with Gasteiger partial charge in [-0.1, -0.05) is 29.8 Å². The number of carbonyl (C=O) groups excluding carboxylic acids is 1. The first-order chi connectivity index (χ1) is 6.59. The molecule has 76 valence electrons. The highest BCUT2D eigenvalue weighted by Gasteiger charge is 2.06. The van der Waals surface area contributed by atoms with E-state index in [0.717, 1.165) is 4.47 Å². The predicted molar refractivity (Wildman–Crippen MR) is 59.3 cm³/mol. The van der Waals surface area contributed by atoms with Crippen LogP contribution in [0.3, 0.4) is 0 Å². The maximum absolute atomic E-state index is 11.4. The zero-order chi connectivity index (χ0) is 10.6. The molecule has 0 aliphatic heterocycles. The molecule has 0 aliphatic rings. The molecule has 0 saturated carbocycles. The summed E-state index contributed by atoms with van der Waals surface area (Å²) in [7, 11) is 0. The van der Waals surface area contributed by atoms with Crippen LogP contribution in [-0.4, -0.2) is 12.6 Å². The molecular formula is C11H13BrO2. The molecule has 0 bridgehead atoms. The molecule has 0 saturated heterocycles. The monoisotopic (exact) mass is 256 g/mol. The minimum Gasteiger partial charge on any atom is -0.462 e. The Morgan fingerprint density at radius 1 is 1.36 bits per heavy atom. The van der Waals surface area contributed by atoms with Gasteiger partial charge in [-0.25, -0.2) is 4.79 Å². The van der Waals surface area contributed by atoms with Crippen LogP contribution >= 0.6 is 15.9 Å². The van der Waals surface area contributed by atoms with Crippen molar-refractivity contribution in [2.24, 2.45) is 5.92 Å². The first-order valence-corrected chi connectivity index (χ1v) is 5.31. The van der Waals surface area contributed by atoms with E-state index in [1.54, 1.807) is 12.1 Å². The molecule has 0 radical (unpaired) electrons. The normalized spacial score (nSPS) is 10.3. The summed E-state index contributed by atoms with van der Waals surface area (Å²) in [6.45, 7) is 4.48. The molecule has 1 aromatic carbocycles. The number of rotatable bonds is 3. The van der Waals surface area contributed by atoms with Gasteiger partial charge in [0, 0.05) is 4.47 Å². The maximum atomic E-state index is 11.4. The molecule has 1 rings (SSSR count). The lowest BCUT2D eigenvalue weighted by molar-refractivity contribution is 0.0459. The van der Waals surface area contributed by atoms with E-state index in [4.69, 9.17) is 4.74 Å². The standard InChI is InChI=1S/C11H13BrO2/c1-8(2)7-14-11(13)9-3-5-10(12)6-4-9/h3-6,8H,7H2,1-2H3. The number of benzene rings is 1. The Morgan fingerprint density at radius 2 is 1.93 bits per heavy atom. The molecule has 1 aromatic rings. The van der Waals surface area contributed by atoms with Crippen molar-refractivity contribution in [1.82, 2.24) is 0 Å². The molecular weight excluding hydrogens is 244 g/mol. The van der Waals surface area contributed by atoms with Crippen molar-refractivity contribution in [3.63, 3.8) is 0 Å². The second-order valence-corrected chi connectivity index (χ2v) is 4.41. The second-order valence-electron chi connectivity index (χ2n) is 3.50. The van der Waals surface area contributed by atoms with E-state index in [1.807, 2.05) is 26.0 Å². The lowest BCUT2D eigenvalue weighted by Crippen LogP contribution is -2.09. The van der Waals surface area contributed by atoms with Crippen molar-refractivity contribution >= 4 is 21.9 Å². The van der Waals surface area contributed by atoms with Gasteiger partial charge < -0.3 is 4.74 Å². The molecule has 3 heteroatoms. The third-order valence-corrected chi connectivity index (χ3v) is 2.16. The zero-order valence-electron chi connectivity index (χ0n) is 8.29. The van der Waals surface area contributed by atoms with Crippen LogP contribution in [0.15, 0.2) is 28.7 Å². The second kappa shape index (κ2) is 5.15. The van der Waals surface area contributed by atoms with Gasteiger partial charge in [0.25, 0.3) is 0 Å². The van der Waals surface area contributed by atoms with Crippen LogP contribution in [0.1, 0.15) is 24.2 Å². The Labute approximate surface area is 92.4 Å². The first kappa shape index (κ1) is 11.2. The van der Waals surface area contributed by atoms with E-state index in [-0.39, 0.29) is 5.97 Å². The van der Waals surface area contributed by atoms with Crippen LogP contribution in [0, 0.1) is 5.92 Å². The molecule has 0 heterocycles. The van der Waals surface area contributed by atoms with Gasteiger partial charge in [-0.3, -0.25) is 0 Å². The van der Waals surface area contributed by atoms with Crippen LogP contribution in [0.4, 0.5) is 0 Å². The Morgan fingerprint density at radius 3 is 2.43 bits per heavy atom.